The van der Waals surface area contributed by atoms with Crippen LogP contribution in [0.25, 0.3) is 0 Å². The van der Waals surface area contributed by atoms with Crippen LogP contribution in [-0.4, -0.2) is 12.2 Å². The van der Waals surface area contributed by atoms with E-state index >= 15 is 0 Å². The Morgan fingerprint density at radius 3 is 2.29 bits per heavy atom. The molecule has 0 amide bonds. The van der Waals surface area contributed by atoms with Crippen LogP contribution < -0.4 is 4.74 Å². The average molecular weight is 322 g/mol. The summed E-state index contributed by atoms with van der Waals surface area (Å²) in [6.45, 7) is 8.51. The zero-order valence-electron chi connectivity index (χ0n) is 15.0. The van der Waals surface area contributed by atoms with E-state index in [1.54, 1.807) is 0 Å². The van der Waals surface area contributed by atoms with Gasteiger partial charge in [0.15, 0.2) is 0 Å². The molecule has 0 aliphatic heterocycles. The van der Waals surface area contributed by atoms with Gasteiger partial charge in [-0.05, 0) is 80.8 Å². The summed E-state index contributed by atoms with van der Waals surface area (Å²) in [4.78, 5) is 0. The van der Waals surface area contributed by atoms with Crippen molar-refractivity contribution >= 4 is 0 Å². The fourth-order valence-electron chi connectivity index (χ4n) is 2.91. The fraction of sp³-hybridized carbons (Fsp3) is 0.364. The number of hydrogen-bond donors (Lipinski definition) is 0. The van der Waals surface area contributed by atoms with Gasteiger partial charge < -0.3 is 9.47 Å². The molecule has 2 unspecified atom stereocenters. The minimum absolute atomic E-state index is 0.0743. The zero-order valence-corrected chi connectivity index (χ0v) is 15.0. The van der Waals surface area contributed by atoms with Crippen molar-refractivity contribution in [1.29, 1.82) is 0 Å². The molecular formula is C22H26O2. The lowest BCUT2D eigenvalue weighted by Gasteiger charge is -2.23. The van der Waals surface area contributed by atoms with Crippen LogP contribution in [0.5, 0.6) is 5.75 Å². The molecule has 0 heterocycles. The highest BCUT2D eigenvalue weighted by molar-refractivity contribution is 5.35. The Bertz CT molecular complexity index is 734. The molecule has 0 fully saturated rings. The molecule has 0 aromatic heterocycles. The lowest BCUT2D eigenvalue weighted by molar-refractivity contribution is 0.159. The number of allylic oxidation sites excluding steroid dienone is 3. The lowest BCUT2D eigenvalue weighted by Crippen LogP contribution is -2.18. The molecule has 2 heteroatoms. The van der Waals surface area contributed by atoms with E-state index in [4.69, 9.17) is 9.47 Å². The Labute approximate surface area is 145 Å². The first-order valence-corrected chi connectivity index (χ1v) is 8.66. The molecule has 0 saturated carbocycles. The molecule has 0 radical (unpaired) electrons. The topological polar surface area (TPSA) is 18.5 Å². The Kier molecular flexibility index (Phi) is 4.94. The number of rotatable bonds is 4. The molecule has 126 valence electrons. The van der Waals surface area contributed by atoms with Crippen LogP contribution in [-0.2, 0) is 4.74 Å². The molecule has 0 spiro atoms. The molecule has 0 N–H and O–H groups in total. The Balaban J connectivity index is 1.55. The molecule has 3 rings (SSSR count). The number of aryl methyl sites for hydroxylation is 2. The van der Waals surface area contributed by atoms with Gasteiger partial charge in [-0.3, -0.25) is 0 Å². The molecule has 0 bridgehead atoms. The van der Waals surface area contributed by atoms with Crippen molar-refractivity contribution in [2.75, 3.05) is 0 Å². The molecule has 24 heavy (non-hydrogen) atoms. The first-order chi connectivity index (χ1) is 11.5. The average Bonchev–Trinajstić information content (AvgIpc) is 2.56. The van der Waals surface area contributed by atoms with Crippen LogP contribution >= 0.6 is 0 Å². The van der Waals surface area contributed by atoms with Gasteiger partial charge in [-0.25, -0.2) is 0 Å². The Morgan fingerprint density at radius 2 is 1.62 bits per heavy atom. The summed E-state index contributed by atoms with van der Waals surface area (Å²) in [5.74, 6) is 1.87. The highest BCUT2D eigenvalue weighted by Gasteiger charge is 2.16. The standard InChI is InChI=1S/C22H26O2/c1-15-5-7-21(13-17(15)3)23-19-9-11-20(12-10-19)24-22-8-6-16(2)18(4)14-22/h5-7,9,11-14,19,22H,8,10H2,1-4H3. The molecule has 2 atom stereocenters. The first kappa shape index (κ1) is 16.6. The van der Waals surface area contributed by atoms with Crippen molar-refractivity contribution in [1.82, 2.24) is 0 Å². The van der Waals surface area contributed by atoms with Gasteiger partial charge in [-0.2, -0.15) is 0 Å². The van der Waals surface area contributed by atoms with Gasteiger partial charge in [0, 0.05) is 12.8 Å². The second-order valence-electron chi connectivity index (χ2n) is 6.73. The molecule has 2 aliphatic carbocycles. The maximum atomic E-state index is 6.08. The second kappa shape index (κ2) is 7.12. The normalized spacial score (nSPS) is 23.2. The monoisotopic (exact) mass is 322 g/mol. The van der Waals surface area contributed by atoms with Crippen LogP contribution in [0.1, 0.15) is 37.8 Å². The minimum atomic E-state index is 0.0743. The molecule has 1 aromatic carbocycles. The van der Waals surface area contributed by atoms with E-state index in [2.05, 4.69) is 64.1 Å². The van der Waals surface area contributed by atoms with E-state index in [1.807, 2.05) is 12.1 Å². The molecule has 2 nitrogen and oxygen atoms in total. The van der Waals surface area contributed by atoms with E-state index in [0.29, 0.717) is 0 Å². The first-order valence-electron chi connectivity index (χ1n) is 8.66. The van der Waals surface area contributed by atoms with Gasteiger partial charge >= 0.3 is 0 Å². The van der Waals surface area contributed by atoms with Crippen molar-refractivity contribution in [2.45, 2.75) is 52.7 Å². The zero-order chi connectivity index (χ0) is 17.1. The summed E-state index contributed by atoms with van der Waals surface area (Å²) in [6, 6.07) is 6.24. The second-order valence-corrected chi connectivity index (χ2v) is 6.73. The molecule has 2 aliphatic rings. The van der Waals surface area contributed by atoms with E-state index in [-0.39, 0.29) is 12.2 Å². The highest BCUT2D eigenvalue weighted by Crippen LogP contribution is 2.25. The maximum absolute atomic E-state index is 6.08. The van der Waals surface area contributed by atoms with Crippen LogP contribution in [0.4, 0.5) is 0 Å². The fourth-order valence-corrected chi connectivity index (χ4v) is 2.91. The Morgan fingerprint density at radius 1 is 0.833 bits per heavy atom. The van der Waals surface area contributed by atoms with Crippen molar-refractivity contribution in [3.05, 3.63) is 76.6 Å². The predicted molar refractivity (Wildman–Crippen MR) is 99.2 cm³/mol. The van der Waals surface area contributed by atoms with Gasteiger partial charge in [0.25, 0.3) is 0 Å². The SMILES string of the molecule is CC1=CCC(OC2=CCC(Oc3ccc(C)c(C)c3)C=C2)C=C1C. The summed E-state index contributed by atoms with van der Waals surface area (Å²) in [6.07, 6.45) is 12.7. The predicted octanol–water partition coefficient (Wildman–Crippen LogP) is 5.58. The maximum Gasteiger partial charge on any atom is 0.121 e. The Hall–Kier alpha value is -2.22. The third-order valence-corrected chi connectivity index (χ3v) is 4.79. The summed E-state index contributed by atoms with van der Waals surface area (Å²) in [7, 11) is 0. The van der Waals surface area contributed by atoms with Crippen molar-refractivity contribution in [3.8, 4) is 5.75 Å². The van der Waals surface area contributed by atoms with Crippen molar-refractivity contribution in [3.63, 3.8) is 0 Å². The number of benzene rings is 1. The number of hydrogen-bond acceptors (Lipinski definition) is 2. The van der Waals surface area contributed by atoms with E-state index < -0.39 is 0 Å². The summed E-state index contributed by atoms with van der Waals surface area (Å²) >= 11 is 0. The van der Waals surface area contributed by atoms with E-state index in [1.165, 1.54) is 22.3 Å². The number of ether oxygens (including phenoxy) is 2. The van der Waals surface area contributed by atoms with Crippen LogP contribution in [0, 0.1) is 13.8 Å². The van der Waals surface area contributed by atoms with Crippen LogP contribution in [0.15, 0.2) is 65.5 Å². The molecule has 0 saturated heterocycles. The largest absolute Gasteiger partial charge is 0.486 e. The van der Waals surface area contributed by atoms with Gasteiger partial charge in [0.05, 0.1) is 0 Å². The summed E-state index contributed by atoms with van der Waals surface area (Å²) in [5.41, 5.74) is 5.21. The van der Waals surface area contributed by atoms with Gasteiger partial charge in [-0.1, -0.05) is 17.7 Å². The van der Waals surface area contributed by atoms with E-state index in [9.17, 15) is 0 Å². The van der Waals surface area contributed by atoms with Gasteiger partial charge in [0.1, 0.15) is 23.7 Å². The quantitative estimate of drug-likeness (QED) is 0.721. The van der Waals surface area contributed by atoms with E-state index in [0.717, 1.165) is 24.4 Å². The van der Waals surface area contributed by atoms with Crippen LogP contribution in [0.2, 0.25) is 0 Å². The smallest absolute Gasteiger partial charge is 0.121 e. The van der Waals surface area contributed by atoms with Crippen molar-refractivity contribution in [2.24, 2.45) is 0 Å². The highest BCUT2D eigenvalue weighted by atomic mass is 16.5. The third-order valence-electron chi connectivity index (χ3n) is 4.79. The molecular weight excluding hydrogens is 296 g/mol. The summed E-state index contributed by atoms with van der Waals surface area (Å²) < 4.78 is 12.1. The van der Waals surface area contributed by atoms with Gasteiger partial charge in [0.2, 0.25) is 0 Å². The van der Waals surface area contributed by atoms with Crippen molar-refractivity contribution < 1.29 is 9.47 Å². The van der Waals surface area contributed by atoms with Gasteiger partial charge in [-0.15, -0.1) is 0 Å². The minimum Gasteiger partial charge on any atom is -0.486 e. The summed E-state index contributed by atoms with van der Waals surface area (Å²) in [5, 5.41) is 0. The third kappa shape index (κ3) is 4.00. The molecule has 1 aromatic rings. The van der Waals surface area contributed by atoms with Crippen LogP contribution in [0.3, 0.4) is 0 Å². The lowest BCUT2D eigenvalue weighted by atomic mass is 9.99.